The largest absolute Gasteiger partial charge is 0.573 e. The van der Waals surface area contributed by atoms with Crippen molar-refractivity contribution < 1.29 is 23.0 Å². The molecule has 2 nitrogen and oxygen atoms in total. The summed E-state index contributed by atoms with van der Waals surface area (Å²) in [5.74, 6) is -0.0508. The summed E-state index contributed by atoms with van der Waals surface area (Å²) in [6.45, 7) is 1.93. The number of benzene rings is 1. The van der Waals surface area contributed by atoms with Crippen LogP contribution in [0.15, 0.2) is 12.1 Å². The van der Waals surface area contributed by atoms with Crippen molar-refractivity contribution >= 4 is 0 Å². The minimum absolute atomic E-state index is 0.0882. The van der Waals surface area contributed by atoms with Crippen LogP contribution in [0.1, 0.15) is 49.7 Å². The molecule has 2 saturated carbocycles. The van der Waals surface area contributed by atoms with Crippen LogP contribution in [0.5, 0.6) is 11.5 Å². The molecule has 1 aromatic rings. The van der Waals surface area contributed by atoms with Gasteiger partial charge in [0.1, 0.15) is 11.5 Å². The molecule has 2 aliphatic rings. The number of halogens is 3. The molecule has 0 saturated heterocycles. The molecule has 2 fully saturated rings. The molecule has 0 unspecified atom stereocenters. The standard InChI is InChI=1S/C14H15F3O2/c1-13(4-5-13)10-6-9(8-2-3-8)11(18)7-12(10)19-14(15,16)17/h6-8,18H,2-5H2,1H3. The highest BCUT2D eigenvalue weighted by molar-refractivity contribution is 5.53. The molecule has 0 spiro atoms. The van der Waals surface area contributed by atoms with Crippen LogP contribution < -0.4 is 4.74 Å². The van der Waals surface area contributed by atoms with Crippen LogP contribution in [-0.2, 0) is 5.41 Å². The first kappa shape index (κ1) is 12.6. The smallest absolute Gasteiger partial charge is 0.508 e. The Bertz CT molecular complexity index is 514. The molecule has 0 aromatic heterocycles. The zero-order chi connectivity index (χ0) is 13.8. The second-order valence-corrected chi connectivity index (χ2v) is 5.79. The van der Waals surface area contributed by atoms with Crippen LogP contribution in [-0.4, -0.2) is 11.5 Å². The van der Waals surface area contributed by atoms with Crippen LogP contribution in [0.4, 0.5) is 13.2 Å². The number of phenolic OH excluding ortho intramolecular Hbond substituents is 1. The summed E-state index contributed by atoms with van der Waals surface area (Å²) in [4.78, 5) is 0. The van der Waals surface area contributed by atoms with Crippen molar-refractivity contribution in [3.8, 4) is 11.5 Å². The molecule has 0 bridgehead atoms. The van der Waals surface area contributed by atoms with E-state index in [-0.39, 0.29) is 16.9 Å². The quantitative estimate of drug-likeness (QED) is 0.892. The van der Waals surface area contributed by atoms with Gasteiger partial charge >= 0.3 is 6.36 Å². The molecule has 19 heavy (non-hydrogen) atoms. The lowest BCUT2D eigenvalue weighted by atomic mass is 9.93. The molecule has 0 radical (unpaired) electrons. The van der Waals surface area contributed by atoms with Crippen molar-refractivity contribution in [3.05, 3.63) is 23.3 Å². The Balaban J connectivity index is 2.04. The average Bonchev–Trinajstić information content (AvgIpc) is 3.12. The van der Waals surface area contributed by atoms with Gasteiger partial charge in [-0.3, -0.25) is 0 Å². The fraction of sp³-hybridized carbons (Fsp3) is 0.571. The van der Waals surface area contributed by atoms with Gasteiger partial charge in [0.25, 0.3) is 0 Å². The summed E-state index contributed by atoms with van der Waals surface area (Å²) in [6, 6.07) is 2.83. The van der Waals surface area contributed by atoms with Crippen molar-refractivity contribution in [1.82, 2.24) is 0 Å². The van der Waals surface area contributed by atoms with Crippen LogP contribution in [0.2, 0.25) is 0 Å². The van der Waals surface area contributed by atoms with Crippen LogP contribution >= 0.6 is 0 Å². The summed E-state index contributed by atoms with van der Waals surface area (Å²) in [5, 5.41) is 9.86. The molecule has 0 amide bonds. The zero-order valence-corrected chi connectivity index (χ0v) is 10.5. The third-order valence-corrected chi connectivity index (χ3v) is 4.02. The predicted molar refractivity (Wildman–Crippen MR) is 63.4 cm³/mol. The summed E-state index contributed by atoms with van der Waals surface area (Å²) >= 11 is 0. The van der Waals surface area contributed by atoms with Gasteiger partial charge in [0.15, 0.2) is 0 Å². The normalized spacial score (nSPS) is 21.3. The lowest BCUT2D eigenvalue weighted by Crippen LogP contribution is -2.19. The molecular weight excluding hydrogens is 257 g/mol. The Morgan fingerprint density at radius 3 is 2.37 bits per heavy atom. The topological polar surface area (TPSA) is 29.5 Å². The van der Waals surface area contributed by atoms with Gasteiger partial charge in [0.05, 0.1) is 0 Å². The van der Waals surface area contributed by atoms with Crippen LogP contribution in [0.25, 0.3) is 0 Å². The number of alkyl halides is 3. The number of rotatable bonds is 3. The van der Waals surface area contributed by atoms with Gasteiger partial charge in [-0.2, -0.15) is 0 Å². The summed E-state index contributed by atoms with van der Waals surface area (Å²) < 4.78 is 41.4. The first-order valence-corrected chi connectivity index (χ1v) is 6.42. The predicted octanol–water partition coefficient (Wildman–Crippen LogP) is 4.22. The third-order valence-electron chi connectivity index (χ3n) is 4.02. The van der Waals surface area contributed by atoms with Gasteiger partial charge in [0, 0.05) is 11.6 Å². The molecule has 0 atom stereocenters. The highest BCUT2D eigenvalue weighted by Gasteiger charge is 2.44. The van der Waals surface area contributed by atoms with Gasteiger partial charge in [-0.15, -0.1) is 13.2 Å². The van der Waals surface area contributed by atoms with Gasteiger partial charge in [0.2, 0.25) is 0 Å². The van der Waals surface area contributed by atoms with Gasteiger partial charge < -0.3 is 9.84 Å². The van der Waals surface area contributed by atoms with E-state index < -0.39 is 6.36 Å². The van der Waals surface area contributed by atoms with Crippen molar-refractivity contribution in [2.45, 2.75) is 50.3 Å². The van der Waals surface area contributed by atoms with Gasteiger partial charge in [-0.05, 0) is 48.6 Å². The molecule has 5 heteroatoms. The lowest BCUT2D eigenvalue weighted by Gasteiger charge is -2.19. The minimum atomic E-state index is -4.73. The highest BCUT2D eigenvalue weighted by Crippen LogP contribution is 2.55. The Morgan fingerprint density at radius 1 is 1.26 bits per heavy atom. The summed E-state index contributed by atoms with van der Waals surface area (Å²) in [6.07, 6.45) is -1.04. The molecule has 1 N–H and O–H groups in total. The SMILES string of the molecule is CC1(c2cc(C3CC3)c(O)cc2OC(F)(F)F)CC1. The maximum Gasteiger partial charge on any atom is 0.573 e. The second-order valence-electron chi connectivity index (χ2n) is 5.79. The number of hydrogen-bond donors (Lipinski definition) is 1. The molecular formula is C14H15F3O2. The van der Waals surface area contributed by atoms with Crippen molar-refractivity contribution in [2.24, 2.45) is 0 Å². The summed E-state index contributed by atoms with van der Waals surface area (Å²) in [5.41, 5.74) is 1.10. The van der Waals surface area contributed by atoms with Crippen molar-refractivity contribution in [2.75, 3.05) is 0 Å². The Kier molecular flexibility index (Phi) is 2.53. The summed E-state index contributed by atoms with van der Waals surface area (Å²) in [7, 11) is 0. The number of ether oxygens (including phenoxy) is 1. The van der Waals surface area contributed by atoms with E-state index in [1.165, 1.54) is 0 Å². The maximum absolute atomic E-state index is 12.4. The van der Waals surface area contributed by atoms with E-state index in [0.29, 0.717) is 11.5 Å². The average molecular weight is 272 g/mol. The first-order valence-electron chi connectivity index (χ1n) is 6.42. The molecule has 1 aromatic carbocycles. The van der Waals surface area contributed by atoms with E-state index in [0.717, 1.165) is 37.3 Å². The second kappa shape index (κ2) is 3.81. The zero-order valence-electron chi connectivity index (χ0n) is 10.5. The lowest BCUT2D eigenvalue weighted by molar-refractivity contribution is -0.275. The van der Waals surface area contributed by atoms with E-state index in [1.807, 2.05) is 6.92 Å². The van der Waals surface area contributed by atoms with Crippen molar-refractivity contribution in [3.63, 3.8) is 0 Å². The van der Waals surface area contributed by atoms with E-state index >= 15 is 0 Å². The Labute approximate surface area is 109 Å². The molecule has 0 aliphatic heterocycles. The molecule has 2 aliphatic carbocycles. The van der Waals surface area contributed by atoms with Crippen LogP contribution in [0, 0.1) is 0 Å². The van der Waals surface area contributed by atoms with Crippen molar-refractivity contribution in [1.29, 1.82) is 0 Å². The number of hydrogen-bond acceptors (Lipinski definition) is 2. The molecule has 0 heterocycles. The van der Waals surface area contributed by atoms with Gasteiger partial charge in [-0.1, -0.05) is 6.92 Å². The fourth-order valence-corrected chi connectivity index (χ4v) is 2.44. The minimum Gasteiger partial charge on any atom is -0.508 e. The van der Waals surface area contributed by atoms with E-state index in [4.69, 9.17) is 0 Å². The van der Waals surface area contributed by atoms with Gasteiger partial charge in [-0.25, -0.2) is 0 Å². The van der Waals surface area contributed by atoms with E-state index in [2.05, 4.69) is 4.74 Å². The van der Waals surface area contributed by atoms with E-state index in [9.17, 15) is 18.3 Å². The Hall–Kier alpha value is -1.39. The fourth-order valence-electron chi connectivity index (χ4n) is 2.44. The molecule has 104 valence electrons. The molecule has 3 rings (SSSR count). The third kappa shape index (κ3) is 2.51. The first-order chi connectivity index (χ1) is 8.78. The Morgan fingerprint density at radius 2 is 1.89 bits per heavy atom. The van der Waals surface area contributed by atoms with Crippen LogP contribution in [0.3, 0.4) is 0 Å². The number of phenols is 1. The maximum atomic E-state index is 12.4. The van der Waals surface area contributed by atoms with E-state index in [1.54, 1.807) is 6.07 Å². The highest BCUT2D eigenvalue weighted by atomic mass is 19.4. The number of aromatic hydroxyl groups is 1. The monoisotopic (exact) mass is 272 g/mol.